The van der Waals surface area contributed by atoms with Gasteiger partial charge in [-0.05, 0) is 24.5 Å². The monoisotopic (exact) mass is 283 g/mol. The number of hydrogen-bond donors (Lipinski definition) is 2. The largest absolute Gasteiger partial charge is 0.480 e. The first-order valence-corrected chi connectivity index (χ1v) is 6.55. The van der Waals surface area contributed by atoms with Gasteiger partial charge in [-0.15, -0.1) is 0 Å². The van der Waals surface area contributed by atoms with Crippen LogP contribution in [0.3, 0.4) is 0 Å². The van der Waals surface area contributed by atoms with Crippen molar-refractivity contribution in [1.82, 2.24) is 5.32 Å². The molecule has 0 aliphatic rings. The van der Waals surface area contributed by atoms with Crippen LogP contribution >= 0.6 is 11.6 Å². The molecule has 0 saturated heterocycles. The quantitative estimate of drug-likeness (QED) is 0.873. The summed E-state index contributed by atoms with van der Waals surface area (Å²) < 4.78 is 0. The number of hydrogen-bond acceptors (Lipinski definition) is 2. The summed E-state index contributed by atoms with van der Waals surface area (Å²) in [6.07, 6.45) is 0.665. The maximum absolute atomic E-state index is 12.1. The van der Waals surface area contributed by atoms with Crippen LogP contribution in [0.4, 0.5) is 0 Å². The van der Waals surface area contributed by atoms with Gasteiger partial charge < -0.3 is 10.4 Å². The van der Waals surface area contributed by atoms with Crippen LogP contribution in [0.15, 0.2) is 18.2 Å². The number of halogens is 1. The zero-order valence-corrected chi connectivity index (χ0v) is 12.0. The Kier molecular flexibility index (Phi) is 5.36. The van der Waals surface area contributed by atoms with E-state index in [1.165, 1.54) is 0 Å². The molecule has 1 amide bonds. The fourth-order valence-electron chi connectivity index (χ4n) is 1.72. The van der Waals surface area contributed by atoms with Crippen LogP contribution in [-0.4, -0.2) is 23.0 Å². The normalized spacial score (nSPS) is 13.7. The van der Waals surface area contributed by atoms with Crippen LogP contribution in [0.25, 0.3) is 0 Å². The molecule has 1 aromatic rings. The fourth-order valence-corrected chi connectivity index (χ4v) is 1.94. The number of aliphatic carboxylic acids is 1. The van der Waals surface area contributed by atoms with Crippen LogP contribution in [0.2, 0.25) is 5.02 Å². The number of aryl methyl sites for hydroxylation is 1. The number of nitrogens with one attached hydrogen (secondary N) is 1. The third-order valence-corrected chi connectivity index (χ3v) is 3.70. The lowest BCUT2D eigenvalue weighted by atomic mass is 9.99. The first-order valence-electron chi connectivity index (χ1n) is 6.17. The van der Waals surface area contributed by atoms with Gasteiger partial charge in [-0.2, -0.15) is 0 Å². The molecule has 0 saturated carbocycles. The number of benzene rings is 1. The summed E-state index contributed by atoms with van der Waals surface area (Å²) in [5.41, 5.74) is 1.08. The highest BCUT2D eigenvalue weighted by Crippen LogP contribution is 2.20. The number of carboxylic acid groups (broad SMARTS) is 1. The third-order valence-electron chi connectivity index (χ3n) is 3.20. The van der Waals surface area contributed by atoms with Crippen molar-refractivity contribution < 1.29 is 14.7 Å². The average Bonchev–Trinajstić information content (AvgIpc) is 2.37. The van der Waals surface area contributed by atoms with E-state index in [0.717, 1.165) is 5.56 Å². The van der Waals surface area contributed by atoms with E-state index >= 15 is 0 Å². The van der Waals surface area contributed by atoms with E-state index in [1.54, 1.807) is 32.0 Å². The Balaban J connectivity index is 2.94. The van der Waals surface area contributed by atoms with Gasteiger partial charge in [-0.3, -0.25) is 4.79 Å². The predicted molar refractivity (Wildman–Crippen MR) is 74.5 cm³/mol. The summed E-state index contributed by atoms with van der Waals surface area (Å²) in [4.78, 5) is 23.3. The van der Waals surface area contributed by atoms with Crippen LogP contribution in [0.5, 0.6) is 0 Å². The molecule has 0 aliphatic carbocycles. The fraction of sp³-hybridized carbons (Fsp3) is 0.429. The molecule has 0 radical (unpaired) electrons. The second-order valence-electron chi connectivity index (χ2n) is 4.61. The van der Waals surface area contributed by atoms with Crippen LogP contribution < -0.4 is 5.32 Å². The Hall–Kier alpha value is -1.55. The van der Waals surface area contributed by atoms with Gasteiger partial charge in [0.1, 0.15) is 6.04 Å². The van der Waals surface area contributed by atoms with Crippen LogP contribution in [0, 0.1) is 12.8 Å². The summed E-state index contributed by atoms with van der Waals surface area (Å²) in [6, 6.07) is 4.19. The minimum atomic E-state index is -1.04. The van der Waals surface area contributed by atoms with Gasteiger partial charge in [-0.25, -0.2) is 4.79 Å². The first kappa shape index (κ1) is 15.5. The topological polar surface area (TPSA) is 66.4 Å². The lowest BCUT2D eigenvalue weighted by Gasteiger charge is -2.20. The first-order chi connectivity index (χ1) is 8.88. The van der Waals surface area contributed by atoms with E-state index < -0.39 is 17.9 Å². The molecular weight excluding hydrogens is 266 g/mol. The molecule has 0 spiro atoms. The van der Waals surface area contributed by atoms with Gasteiger partial charge in [0.25, 0.3) is 5.91 Å². The number of carbonyl (C=O) groups is 2. The molecule has 0 bridgehead atoms. The molecule has 2 N–H and O–H groups in total. The van der Waals surface area contributed by atoms with Crippen LogP contribution in [0.1, 0.15) is 36.2 Å². The molecule has 5 heteroatoms. The average molecular weight is 284 g/mol. The van der Waals surface area contributed by atoms with E-state index in [1.807, 2.05) is 6.92 Å². The second-order valence-corrected chi connectivity index (χ2v) is 4.99. The highest BCUT2D eigenvalue weighted by molar-refractivity contribution is 6.34. The number of carbonyl (C=O) groups excluding carboxylic acids is 1. The maximum Gasteiger partial charge on any atom is 0.326 e. The minimum Gasteiger partial charge on any atom is -0.480 e. The summed E-state index contributed by atoms with van der Waals surface area (Å²) in [7, 11) is 0. The Labute approximate surface area is 117 Å². The molecule has 104 valence electrons. The van der Waals surface area contributed by atoms with Gasteiger partial charge in [0.15, 0.2) is 0 Å². The van der Waals surface area contributed by atoms with E-state index in [-0.39, 0.29) is 5.92 Å². The Morgan fingerprint density at radius 3 is 2.58 bits per heavy atom. The molecule has 19 heavy (non-hydrogen) atoms. The van der Waals surface area contributed by atoms with Crippen molar-refractivity contribution >= 4 is 23.5 Å². The Bertz CT molecular complexity index is 488. The van der Waals surface area contributed by atoms with Gasteiger partial charge >= 0.3 is 5.97 Å². The highest BCUT2D eigenvalue weighted by Gasteiger charge is 2.26. The van der Waals surface area contributed by atoms with Gasteiger partial charge in [0.2, 0.25) is 0 Å². The van der Waals surface area contributed by atoms with E-state index in [4.69, 9.17) is 16.7 Å². The summed E-state index contributed by atoms with van der Waals surface area (Å²) in [5, 5.41) is 12.0. The standard InChI is InChI=1S/C14H18ClNO3/c1-4-8(2)12(14(18)19)16-13(17)10-7-5-6-9(3)11(10)15/h5-8,12H,4H2,1-3H3,(H,16,17)(H,18,19)/t8?,12-/m0/s1. The van der Waals surface area contributed by atoms with E-state index in [9.17, 15) is 9.59 Å². The van der Waals surface area contributed by atoms with Crippen LogP contribution in [-0.2, 0) is 4.79 Å². The number of amides is 1. The van der Waals surface area contributed by atoms with Crippen molar-refractivity contribution in [3.05, 3.63) is 34.3 Å². The SMILES string of the molecule is CCC(C)[C@H](NC(=O)c1cccc(C)c1Cl)C(=O)O. The van der Waals surface area contributed by atoms with Gasteiger partial charge in [0.05, 0.1) is 10.6 Å². The smallest absolute Gasteiger partial charge is 0.326 e. The zero-order valence-electron chi connectivity index (χ0n) is 11.2. The molecule has 4 nitrogen and oxygen atoms in total. The molecule has 1 rings (SSSR count). The predicted octanol–water partition coefficient (Wildman–Crippen LogP) is 2.88. The van der Waals surface area contributed by atoms with Gasteiger partial charge in [-0.1, -0.05) is 44.0 Å². The van der Waals surface area contributed by atoms with E-state index in [2.05, 4.69) is 5.32 Å². The Morgan fingerprint density at radius 2 is 2.05 bits per heavy atom. The van der Waals surface area contributed by atoms with Crippen molar-refractivity contribution in [3.63, 3.8) is 0 Å². The van der Waals surface area contributed by atoms with E-state index in [0.29, 0.717) is 17.0 Å². The zero-order chi connectivity index (χ0) is 14.6. The molecule has 1 aromatic carbocycles. The number of rotatable bonds is 5. The summed E-state index contributed by atoms with van der Waals surface area (Å²) in [6.45, 7) is 5.46. The molecular formula is C14H18ClNO3. The Morgan fingerprint density at radius 1 is 1.42 bits per heavy atom. The number of carboxylic acids is 1. The summed E-state index contributed by atoms with van der Waals surface area (Å²) >= 11 is 6.06. The van der Waals surface area contributed by atoms with Crippen molar-refractivity contribution in [2.45, 2.75) is 33.2 Å². The van der Waals surface area contributed by atoms with Crippen molar-refractivity contribution in [2.24, 2.45) is 5.92 Å². The minimum absolute atomic E-state index is 0.148. The molecule has 2 atom stereocenters. The molecule has 0 aliphatic heterocycles. The van der Waals surface area contributed by atoms with Crippen molar-refractivity contribution in [3.8, 4) is 0 Å². The highest BCUT2D eigenvalue weighted by atomic mass is 35.5. The second kappa shape index (κ2) is 6.57. The lowest BCUT2D eigenvalue weighted by molar-refractivity contribution is -0.140. The van der Waals surface area contributed by atoms with Gasteiger partial charge in [0, 0.05) is 0 Å². The maximum atomic E-state index is 12.1. The lowest BCUT2D eigenvalue weighted by Crippen LogP contribution is -2.45. The molecule has 0 aromatic heterocycles. The van der Waals surface area contributed by atoms with Crippen molar-refractivity contribution in [1.29, 1.82) is 0 Å². The van der Waals surface area contributed by atoms with Crippen molar-refractivity contribution in [2.75, 3.05) is 0 Å². The molecule has 0 heterocycles. The molecule has 1 unspecified atom stereocenters. The molecule has 0 fully saturated rings. The summed E-state index contributed by atoms with van der Waals surface area (Å²) in [5.74, 6) is -1.64. The third kappa shape index (κ3) is 3.70.